The number of sulfone groups is 1. The van der Waals surface area contributed by atoms with Crippen LogP contribution in [0.2, 0.25) is 0 Å². The van der Waals surface area contributed by atoms with Crippen LogP contribution in [0, 0.1) is 0 Å². The molecular formula is C12H18N2O2S. The Kier molecular flexibility index (Phi) is 3.40. The van der Waals surface area contributed by atoms with Crippen molar-refractivity contribution in [1.29, 1.82) is 0 Å². The molecule has 0 aliphatic carbocycles. The Morgan fingerprint density at radius 2 is 2.06 bits per heavy atom. The van der Waals surface area contributed by atoms with Crippen LogP contribution in [-0.4, -0.2) is 40.9 Å². The van der Waals surface area contributed by atoms with Crippen LogP contribution in [0.25, 0.3) is 0 Å². The molecule has 2 rings (SSSR count). The third-order valence-electron chi connectivity index (χ3n) is 3.20. The maximum atomic E-state index is 11.7. The lowest BCUT2D eigenvalue weighted by molar-refractivity contribution is 0.601. The number of nitrogens with one attached hydrogen (secondary N) is 1. The number of anilines is 1. The molecule has 1 aliphatic heterocycles. The van der Waals surface area contributed by atoms with E-state index in [1.807, 2.05) is 19.2 Å². The fourth-order valence-corrected chi connectivity index (χ4v) is 3.15. The minimum atomic E-state index is -3.16. The highest BCUT2D eigenvalue weighted by molar-refractivity contribution is 7.90. The minimum absolute atomic E-state index is 0.428. The van der Waals surface area contributed by atoms with E-state index >= 15 is 0 Å². The summed E-state index contributed by atoms with van der Waals surface area (Å²) in [6.45, 7) is 1.76. The van der Waals surface area contributed by atoms with E-state index in [-0.39, 0.29) is 0 Å². The molecule has 1 aromatic rings. The van der Waals surface area contributed by atoms with Crippen LogP contribution in [-0.2, 0) is 9.84 Å². The average Bonchev–Trinajstić information content (AvgIpc) is 2.76. The van der Waals surface area contributed by atoms with Gasteiger partial charge in [0, 0.05) is 25.4 Å². The number of para-hydroxylation sites is 1. The minimum Gasteiger partial charge on any atom is -0.369 e. The van der Waals surface area contributed by atoms with Crippen molar-refractivity contribution in [1.82, 2.24) is 5.32 Å². The summed E-state index contributed by atoms with van der Waals surface area (Å²) in [5.41, 5.74) is 0.827. The van der Waals surface area contributed by atoms with Crippen LogP contribution in [0.5, 0.6) is 0 Å². The molecule has 0 amide bonds. The van der Waals surface area contributed by atoms with Gasteiger partial charge in [-0.05, 0) is 25.6 Å². The highest BCUT2D eigenvalue weighted by Crippen LogP contribution is 2.27. The van der Waals surface area contributed by atoms with Gasteiger partial charge < -0.3 is 10.2 Å². The number of hydrogen-bond donors (Lipinski definition) is 1. The lowest BCUT2D eigenvalue weighted by atomic mass is 10.3. The van der Waals surface area contributed by atoms with Gasteiger partial charge in [0.05, 0.1) is 10.6 Å². The zero-order valence-corrected chi connectivity index (χ0v) is 11.0. The highest BCUT2D eigenvalue weighted by atomic mass is 32.2. The van der Waals surface area contributed by atoms with Gasteiger partial charge >= 0.3 is 0 Å². The summed E-state index contributed by atoms with van der Waals surface area (Å²) in [7, 11) is -1.22. The maximum Gasteiger partial charge on any atom is 0.177 e. The molecule has 1 saturated heterocycles. The predicted molar refractivity (Wildman–Crippen MR) is 69.2 cm³/mol. The van der Waals surface area contributed by atoms with Gasteiger partial charge in [-0.2, -0.15) is 0 Å². The first-order valence-corrected chi connectivity index (χ1v) is 7.63. The fourth-order valence-electron chi connectivity index (χ4n) is 2.25. The van der Waals surface area contributed by atoms with E-state index in [1.165, 1.54) is 6.26 Å². The third kappa shape index (κ3) is 2.61. The Bertz CT molecular complexity index is 499. The van der Waals surface area contributed by atoms with Crippen LogP contribution >= 0.6 is 0 Å². The van der Waals surface area contributed by atoms with Gasteiger partial charge in [0.1, 0.15) is 0 Å². The Morgan fingerprint density at radius 3 is 2.65 bits per heavy atom. The molecule has 1 aliphatic rings. The average molecular weight is 254 g/mol. The number of benzene rings is 1. The molecule has 4 nitrogen and oxygen atoms in total. The molecule has 0 radical (unpaired) electrons. The molecular weight excluding hydrogens is 236 g/mol. The van der Waals surface area contributed by atoms with E-state index in [0.717, 1.165) is 25.2 Å². The first-order chi connectivity index (χ1) is 8.02. The van der Waals surface area contributed by atoms with E-state index in [2.05, 4.69) is 10.2 Å². The first kappa shape index (κ1) is 12.4. The number of likely N-dealkylation sites (N-methyl/N-ethyl adjacent to an activating group) is 1. The van der Waals surface area contributed by atoms with Gasteiger partial charge in [0.15, 0.2) is 9.84 Å². The molecule has 1 heterocycles. The highest BCUT2D eigenvalue weighted by Gasteiger charge is 2.25. The normalized spacial score (nSPS) is 20.8. The van der Waals surface area contributed by atoms with Crippen molar-refractivity contribution >= 4 is 15.5 Å². The lowest BCUT2D eigenvalue weighted by Crippen LogP contribution is -2.30. The van der Waals surface area contributed by atoms with Crippen LogP contribution < -0.4 is 10.2 Å². The van der Waals surface area contributed by atoms with E-state index in [1.54, 1.807) is 12.1 Å². The third-order valence-corrected chi connectivity index (χ3v) is 4.35. The van der Waals surface area contributed by atoms with E-state index in [9.17, 15) is 8.42 Å². The smallest absolute Gasteiger partial charge is 0.177 e. The maximum absolute atomic E-state index is 11.7. The number of hydrogen-bond acceptors (Lipinski definition) is 4. The quantitative estimate of drug-likeness (QED) is 0.870. The van der Waals surface area contributed by atoms with Crippen LogP contribution in [0.3, 0.4) is 0 Å². The first-order valence-electron chi connectivity index (χ1n) is 5.73. The second kappa shape index (κ2) is 4.66. The lowest BCUT2D eigenvalue weighted by Gasteiger charge is -2.21. The molecule has 1 N–H and O–H groups in total. The Morgan fingerprint density at radius 1 is 1.35 bits per heavy atom. The van der Waals surface area contributed by atoms with Crippen molar-refractivity contribution in [3.05, 3.63) is 24.3 Å². The van der Waals surface area contributed by atoms with Crippen molar-refractivity contribution in [2.45, 2.75) is 17.4 Å². The van der Waals surface area contributed by atoms with Crippen molar-refractivity contribution in [3.63, 3.8) is 0 Å². The van der Waals surface area contributed by atoms with Crippen molar-refractivity contribution in [3.8, 4) is 0 Å². The van der Waals surface area contributed by atoms with E-state index < -0.39 is 9.84 Å². The van der Waals surface area contributed by atoms with Crippen molar-refractivity contribution in [2.75, 3.05) is 31.3 Å². The van der Waals surface area contributed by atoms with E-state index in [4.69, 9.17) is 0 Å². The molecule has 0 spiro atoms. The molecule has 1 atom stereocenters. The van der Waals surface area contributed by atoms with Gasteiger partial charge in [-0.3, -0.25) is 0 Å². The zero-order chi connectivity index (χ0) is 12.5. The molecule has 94 valence electrons. The Labute approximate surface area is 103 Å². The second-order valence-corrected chi connectivity index (χ2v) is 6.44. The van der Waals surface area contributed by atoms with E-state index in [0.29, 0.717) is 10.9 Å². The molecule has 0 aromatic heterocycles. The SMILES string of the molecule is CNC1CCN(c2ccccc2S(C)(=O)=O)C1. The molecule has 1 unspecified atom stereocenters. The molecule has 5 heteroatoms. The summed E-state index contributed by atoms with van der Waals surface area (Å²) < 4.78 is 23.4. The number of rotatable bonds is 3. The summed E-state index contributed by atoms with van der Waals surface area (Å²) in [6, 6.07) is 7.66. The summed E-state index contributed by atoms with van der Waals surface area (Å²) in [5, 5.41) is 3.23. The van der Waals surface area contributed by atoms with Crippen LogP contribution in [0.1, 0.15) is 6.42 Å². The Balaban J connectivity index is 2.34. The summed E-state index contributed by atoms with van der Waals surface area (Å²) >= 11 is 0. The fraction of sp³-hybridized carbons (Fsp3) is 0.500. The molecule has 0 saturated carbocycles. The summed E-state index contributed by atoms with van der Waals surface area (Å²) in [4.78, 5) is 2.56. The Hall–Kier alpha value is -1.07. The van der Waals surface area contributed by atoms with Gasteiger partial charge in [-0.15, -0.1) is 0 Å². The molecule has 1 fully saturated rings. The number of nitrogens with zero attached hydrogens (tertiary/aromatic N) is 1. The monoisotopic (exact) mass is 254 g/mol. The second-order valence-electron chi connectivity index (χ2n) is 4.46. The molecule has 17 heavy (non-hydrogen) atoms. The summed E-state index contributed by atoms with van der Waals surface area (Å²) in [6.07, 6.45) is 2.31. The van der Waals surface area contributed by atoms with Gasteiger partial charge in [0.25, 0.3) is 0 Å². The molecule has 0 bridgehead atoms. The molecule has 1 aromatic carbocycles. The van der Waals surface area contributed by atoms with Gasteiger partial charge in [0.2, 0.25) is 0 Å². The van der Waals surface area contributed by atoms with Gasteiger partial charge in [-0.25, -0.2) is 8.42 Å². The van der Waals surface area contributed by atoms with Crippen molar-refractivity contribution in [2.24, 2.45) is 0 Å². The van der Waals surface area contributed by atoms with Crippen LogP contribution in [0.4, 0.5) is 5.69 Å². The standard InChI is InChI=1S/C12H18N2O2S/c1-13-10-7-8-14(9-10)11-5-3-4-6-12(11)17(2,15)16/h3-6,10,13H,7-9H2,1-2H3. The van der Waals surface area contributed by atoms with Crippen molar-refractivity contribution < 1.29 is 8.42 Å². The van der Waals surface area contributed by atoms with Crippen LogP contribution in [0.15, 0.2) is 29.2 Å². The largest absolute Gasteiger partial charge is 0.369 e. The zero-order valence-electron chi connectivity index (χ0n) is 10.2. The predicted octanol–water partition coefficient (Wildman–Crippen LogP) is 0.888. The topological polar surface area (TPSA) is 49.4 Å². The van der Waals surface area contributed by atoms with Gasteiger partial charge in [-0.1, -0.05) is 12.1 Å². The summed E-state index contributed by atoms with van der Waals surface area (Å²) in [5.74, 6) is 0.